The van der Waals surface area contributed by atoms with E-state index in [2.05, 4.69) is 54.7 Å². The zero-order valence-corrected chi connectivity index (χ0v) is 40.7. The first kappa shape index (κ1) is 50.3. The molecule has 2 fully saturated rings. The molecule has 0 radical (unpaired) electrons. The summed E-state index contributed by atoms with van der Waals surface area (Å²) in [6, 6.07) is 14.9. The van der Waals surface area contributed by atoms with Gasteiger partial charge in [0.15, 0.2) is 0 Å². The number of unbranched alkanes of at least 4 members (excludes halogenated alkanes) is 1. The highest BCUT2D eigenvalue weighted by molar-refractivity contribution is 7.13. The van der Waals surface area contributed by atoms with Crippen molar-refractivity contribution in [1.29, 1.82) is 5.26 Å². The molecule has 14 nitrogen and oxygen atoms in total. The molecule has 4 atom stereocenters. The standard InChI is InChI=1S/C50H63ClN6O8S/c1-30-41(66-29-54-30)32-13-11-31(12-14-32)26-53-44(61)39-23-35(58)27-57(39)45(62)42(48(2,3)4)55-40(59)28-63-21-9-10-22-64-36-18-15-33(16-19-36)43(60)56-46-49(5,6)47(50(46,7)8)65-37-20-17-34(25-52)38(51)24-37/h11-19,24,29,35,37,39,42,46-47,58H,9-10,20-23,26-28H2,1-8H3,(H,53,61)(H,55,59)(H,56,60)/t35-,37?,39-,42+,46?,47?/m0/s1. The average Bonchev–Trinajstić information content (AvgIpc) is 3.89. The van der Waals surface area contributed by atoms with Crippen molar-refractivity contribution in [2.75, 3.05) is 26.4 Å². The number of nitrogens with zero attached hydrogens (tertiary/aromatic N) is 3. The number of carbonyl (C=O) groups excluding carboxylic acids is 4. The molecule has 2 heterocycles. The van der Waals surface area contributed by atoms with Crippen LogP contribution in [0, 0.1) is 34.5 Å². The van der Waals surface area contributed by atoms with Crippen molar-refractivity contribution in [3.05, 3.63) is 93.6 Å². The summed E-state index contributed by atoms with van der Waals surface area (Å²) in [4.78, 5) is 60.6. The highest BCUT2D eigenvalue weighted by Gasteiger charge is 2.63. The Labute approximate surface area is 397 Å². The normalized spacial score (nSPS) is 22.5. The van der Waals surface area contributed by atoms with E-state index in [4.69, 9.17) is 25.8 Å². The van der Waals surface area contributed by atoms with Crippen molar-refractivity contribution in [3.63, 3.8) is 0 Å². The number of ether oxygens (including phenoxy) is 3. The number of allylic oxidation sites excluding steroid dienone is 2. The van der Waals surface area contributed by atoms with E-state index in [1.807, 2.05) is 57.5 Å². The lowest BCUT2D eigenvalue weighted by atomic mass is 9.49. The lowest BCUT2D eigenvalue weighted by molar-refractivity contribution is -0.220. The quantitative estimate of drug-likeness (QED) is 0.0967. The van der Waals surface area contributed by atoms with Gasteiger partial charge in [-0.25, -0.2) is 4.98 Å². The number of aromatic nitrogens is 1. The van der Waals surface area contributed by atoms with Crippen LogP contribution in [0.2, 0.25) is 0 Å². The Balaban J connectivity index is 0.891. The molecule has 0 bridgehead atoms. The van der Waals surface area contributed by atoms with Gasteiger partial charge in [0.25, 0.3) is 5.91 Å². The number of halogens is 1. The van der Waals surface area contributed by atoms with Crippen LogP contribution in [0.4, 0.5) is 0 Å². The Morgan fingerprint density at radius 3 is 2.33 bits per heavy atom. The number of nitrogens with one attached hydrogen (secondary N) is 3. The molecule has 3 aromatic rings. The summed E-state index contributed by atoms with van der Waals surface area (Å²) in [5.74, 6) is -0.847. The number of hydrogen-bond acceptors (Lipinski definition) is 11. The maximum atomic E-state index is 14.0. The van der Waals surface area contributed by atoms with E-state index in [1.54, 1.807) is 47.8 Å². The molecule has 4 N–H and O–H groups in total. The molecule has 2 aliphatic carbocycles. The van der Waals surface area contributed by atoms with Crippen LogP contribution in [-0.4, -0.2) is 101 Å². The molecule has 1 aromatic heterocycles. The predicted octanol–water partition coefficient (Wildman–Crippen LogP) is 7.00. The number of thiazole rings is 1. The van der Waals surface area contributed by atoms with Crippen LogP contribution in [0.25, 0.3) is 10.4 Å². The molecule has 4 amide bonds. The first-order valence-corrected chi connectivity index (χ1v) is 23.8. The number of amides is 4. The monoisotopic (exact) mass is 942 g/mol. The number of β-amino-alcohol motifs (C(OH)–C–C–N with tert-alkyl or cyclic N) is 1. The van der Waals surface area contributed by atoms with E-state index in [0.29, 0.717) is 54.4 Å². The van der Waals surface area contributed by atoms with Crippen LogP contribution in [0.15, 0.2) is 76.8 Å². The molecular weight excluding hydrogens is 880 g/mol. The van der Waals surface area contributed by atoms with Crippen molar-refractivity contribution < 1.29 is 38.5 Å². The molecule has 1 saturated heterocycles. The van der Waals surface area contributed by atoms with Crippen LogP contribution >= 0.6 is 22.9 Å². The fourth-order valence-corrected chi connectivity index (χ4v) is 10.5. The van der Waals surface area contributed by atoms with Crippen molar-refractivity contribution >= 4 is 46.6 Å². The Morgan fingerprint density at radius 2 is 1.71 bits per heavy atom. The summed E-state index contributed by atoms with van der Waals surface area (Å²) in [6.45, 7) is 16.5. The fourth-order valence-electron chi connectivity index (χ4n) is 9.43. The lowest BCUT2D eigenvalue weighted by Crippen LogP contribution is -2.74. The minimum atomic E-state index is -0.963. The van der Waals surface area contributed by atoms with Crippen LogP contribution in [-0.2, 0) is 30.4 Å². The predicted molar refractivity (Wildman–Crippen MR) is 253 cm³/mol. The van der Waals surface area contributed by atoms with Crippen LogP contribution in [0.3, 0.4) is 0 Å². The summed E-state index contributed by atoms with van der Waals surface area (Å²) in [7, 11) is 0. The first-order chi connectivity index (χ1) is 31.2. The second-order valence-electron chi connectivity index (χ2n) is 19.7. The second kappa shape index (κ2) is 21.2. The van der Waals surface area contributed by atoms with Gasteiger partial charge in [0.05, 0.1) is 51.6 Å². The highest BCUT2D eigenvalue weighted by atomic mass is 35.5. The average molecular weight is 944 g/mol. The van der Waals surface area contributed by atoms with Gasteiger partial charge in [0.2, 0.25) is 17.7 Å². The Kier molecular flexibility index (Phi) is 16.2. The maximum absolute atomic E-state index is 14.0. The molecule has 1 saturated carbocycles. The zero-order chi connectivity index (χ0) is 48.0. The largest absolute Gasteiger partial charge is 0.494 e. The van der Waals surface area contributed by atoms with Crippen LogP contribution in [0.1, 0.15) is 95.8 Å². The van der Waals surface area contributed by atoms with Crippen molar-refractivity contribution in [2.24, 2.45) is 16.2 Å². The third-order valence-corrected chi connectivity index (χ3v) is 14.0. The molecule has 1 unspecified atom stereocenters. The lowest BCUT2D eigenvalue weighted by Gasteiger charge is -2.64. The number of rotatable bonds is 18. The maximum Gasteiger partial charge on any atom is 0.251 e. The molecule has 1 aliphatic heterocycles. The third kappa shape index (κ3) is 11.9. The van der Waals surface area contributed by atoms with E-state index in [0.717, 1.165) is 21.7 Å². The number of hydrogen-bond donors (Lipinski definition) is 4. The van der Waals surface area contributed by atoms with E-state index < -0.39 is 35.4 Å². The van der Waals surface area contributed by atoms with Gasteiger partial charge >= 0.3 is 0 Å². The van der Waals surface area contributed by atoms with Gasteiger partial charge in [0.1, 0.15) is 30.5 Å². The summed E-state index contributed by atoms with van der Waals surface area (Å²) < 4.78 is 18.0. The molecule has 6 rings (SSSR count). The van der Waals surface area contributed by atoms with Crippen molar-refractivity contribution in [2.45, 2.75) is 124 Å². The van der Waals surface area contributed by atoms with Crippen molar-refractivity contribution in [3.8, 4) is 22.3 Å². The van der Waals surface area contributed by atoms with Gasteiger partial charge in [-0.1, -0.05) is 90.4 Å². The van der Waals surface area contributed by atoms with Gasteiger partial charge in [-0.2, -0.15) is 5.26 Å². The Hall–Kier alpha value is -5.11. The number of aryl methyl sites for hydroxylation is 1. The summed E-state index contributed by atoms with van der Waals surface area (Å²) in [6.07, 6.45) is 4.24. The highest BCUT2D eigenvalue weighted by Crippen LogP contribution is 2.56. The fraction of sp³-hybridized carbons (Fsp3) is 0.520. The number of carbonyl (C=O) groups is 4. The SMILES string of the molecule is Cc1ncsc1-c1ccc(CNC(=O)[C@@H]2C[C@H](O)CN2C(=O)[C@@H](NC(=O)COCCCCOc2ccc(C(=O)NC3C(C)(C)C(OC4C=C(Cl)C(C#N)=CC4)C3(C)C)cc2)C(C)(C)C)cc1. The van der Waals surface area contributed by atoms with Crippen molar-refractivity contribution in [1.82, 2.24) is 25.8 Å². The van der Waals surface area contributed by atoms with Gasteiger partial charge in [-0.05, 0) is 73.1 Å². The summed E-state index contributed by atoms with van der Waals surface area (Å²) >= 11 is 7.84. The first-order valence-electron chi connectivity index (χ1n) is 22.5. The van der Waals surface area contributed by atoms with E-state index in [1.165, 1.54) is 4.90 Å². The third-order valence-electron chi connectivity index (χ3n) is 12.7. The number of benzene rings is 2. The van der Waals surface area contributed by atoms with Gasteiger partial charge in [0, 0.05) is 48.6 Å². The van der Waals surface area contributed by atoms with Gasteiger partial charge in [-0.15, -0.1) is 11.3 Å². The number of likely N-dealkylation sites (tertiary alicyclic amines) is 1. The molecule has 354 valence electrons. The van der Waals surface area contributed by atoms with Crippen LogP contribution in [0.5, 0.6) is 5.75 Å². The second-order valence-corrected chi connectivity index (χ2v) is 20.9. The number of aliphatic hydroxyl groups excluding tert-OH is 1. The van der Waals surface area contributed by atoms with E-state index >= 15 is 0 Å². The minimum Gasteiger partial charge on any atom is -0.494 e. The molecule has 3 aliphatic rings. The van der Waals surface area contributed by atoms with Gasteiger partial charge < -0.3 is 40.2 Å². The molecular formula is C50H63ClN6O8S. The summed E-state index contributed by atoms with van der Waals surface area (Å²) in [5, 5.41) is 29.2. The number of nitriles is 1. The zero-order valence-electron chi connectivity index (χ0n) is 39.1. The molecule has 16 heteroatoms. The smallest absolute Gasteiger partial charge is 0.251 e. The van der Waals surface area contributed by atoms with E-state index in [9.17, 15) is 29.5 Å². The Morgan fingerprint density at radius 1 is 1.03 bits per heavy atom. The minimum absolute atomic E-state index is 0.0176. The van der Waals surface area contributed by atoms with Gasteiger partial charge in [-0.3, -0.25) is 19.2 Å². The van der Waals surface area contributed by atoms with E-state index in [-0.39, 0.29) is 67.0 Å². The topological polar surface area (TPSA) is 192 Å². The summed E-state index contributed by atoms with van der Waals surface area (Å²) in [5.41, 5.74) is 4.26. The molecule has 2 aromatic carbocycles. The molecule has 66 heavy (non-hydrogen) atoms. The van der Waals surface area contributed by atoms with Crippen LogP contribution < -0.4 is 20.7 Å². The number of aliphatic hydroxyl groups is 1. The Bertz CT molecular complexity index is 2310. The molecule has 0 spiro atoms.